The Morgan fingerprint density at radius 3 is 2.56 bits per heavy atom. The van der Waals surface area contributed by atoms with E-state index in [1.807, 2.05) is 39.1 Å². The summed E-state index contributed by atoms with van der Waals surface area (Å²) in [5.74, 6) is 1.17. The predicted molar refractivity (Wildman–Crippen MR) is 107 cm³/mol. The van der Waals surface area contributed by atoms with Crippen molar-refractivity contribution in [2.45, 2.75) is 64.5 Å². The number of pyridine rings is 1. The maximum absolute atomic E-state index is 12.3. The van der Waals surface area contributed by atoms with E-state index in [4.69, 9.17) is 9.47 Å². The van der Waals surface area contributed by atoms with E-state index in [1.165, 1.54) is 0 Å². The van der Waals surface area contributed by atoms with Crippen molar-refractivity contribution < 1.29 is 14.3 Å². The molecule has 1 atom stereocenters. The molecule has 152 valence electrons. The normalized spacial score (nSPS) is 17.1. The van der Waals surface area contributed by atoms with E-state index >= 15 is 0 Å². The quantitative estimate of drug-likeness (QED) is 0.752. The van der Waals surface area contributed by atoms with Crippen molar-refractivity contribution >= 4 is 6.09 Å². The van der Waals surface area contributed by atoms with Gasteiger partial charge in [0.2, 0.25) is 0 Å². The lowest BCUT2D eigenvalue weighted by atomic mass is 9.92. The van der Waals surface area contributed by atoms with Crippen LogP contribution in [0.1, 0.15) is 58.6 Å². The van der Waals surface area contributed by atoms with Crippen molar-refractivity contribution in [1.82, 2.24) is 14.8 Å². The number of carbonyl (C=O) groups excluding carboxylic acids is 1. The molecule has 6 heteroatoms. The summed E-state index contributed by atoms with van der Waals surface area (Å²) in [5.41, 5.74) is 0.549. The zero-order valence-electron chi connectivity index (χ0n) is 17.7. The number of carbonyl (C=O) groups is 1. The SMILES string of the molecule is CCC(COc1cccnc1C1CCN(C(=O)OC(C)(C)C)CC1)N(C)C. The highest BCUT2D eigenvalue weighted by molar-refractivity contribution is 5.68. The van der Waals surface area contributed by atoms with E-state index in [1.54, 1.807) is 4.90 Å². The highest BCUT2D eigenvalue weighted by Crippen LogP contribution is 2.33. The lowest BCUT2D eigenvalue weighted by Gasteiger charge is -2.33. The third kappa shape index (κ3) is 6.38. The number of likely N-dealkylation sites (tertiary alicyclic amines) is 1. The summed E-state index contributed by atoms with van der Waals surface area (Å²) in [6.07, 6.45) is 4.38. The van der Waals surface area contributed by atoms with Gasteiger partial charge < -0.3 is 19.3 Å². The second-order valence-electron chi connectivity index (χ2n) is 8.47. The molecule has 1 aromatic rings. The van der Waals surface area contributed by atoms with Crippen LogP contribution in [0.25, 0.3) is 0 Å². The van der Waals surface area contributed by atoms with Crippen LogP contribution in [0.3, 0.4) is 0 Å². The number of ether oxygens (including phenoxy) is 2. The number of rotatable bonds is 6. The Kier molecular flexibility index (Phi) is 7.48. The van der Waals surface area contributed by atoms with Crippen LogP contribution in [0.2, 0.25) is 0 Å². The molecule has 0 radical (unpaired) electrons. The lowest BCUT2D eigenvalue weighted by molar-refractivity contribution is 0.0203. The van der Waals surface area contributed by atoms with Crippen LogP contribution in [-0.2, 0) is 4.74 Å². The minimum absolute atomic E-state index is 0.227. The molecule has 1 fully saturated rings. The van der Waals surface area contributed by atoms with Gasteiger partial charge in [-0.25, -0.2) is 4.79 Å². The molecule has 6 nitrogen and oxygen atoms in total. The first-order valence-electron chi connectivity index (χ1n) is 9.93. The Morgan fingerprint density at radius 1 is 1.33 bits per heavy atom. The van der Waals surface area contributed by atoms with Crippen LogP contribution in [0.4, 0.5) is 4.79 Å². The van der Waals surface area contributed by atoms with Gasteiger partial charge in [0.15, 0.2) is 0 Å². The second kappa shape index (κ2) is 9.40. The third-order valence-electron chi connectivity index (χ3n) is 4.97. The molecule has 1 aliphatic heterocycles. The second-order valence-corrected chi connectivity index (χ2v) is 8.47. The van der Waals surface area contributed by atoms with E-state index in [2.05, 4.69) is 30.9 Å². The summed E-state index contributed by atoms with van der Waals surface area (Å²) in [6.45, 7) is 9.88. The van der Waals surface area contributed by atoms with Gasteiger partial charge in [0.25, 0.3) is 0 Å². The molecule has 0 bridgehead atoms. The first-order valence-corrected chi connectivity index (χ1v) is 9.93. The molecule has 2 heterocycles. The highest BCUT2D eigenvalue weighted by atomic mass is 16.6. The molecule has 0 spiro atoms. The molecule has 1 saturated heterocycles. The zero-order valence-corrected chi connectivity index (χ0v) is 17.7. The number of hydrogen-bond donors (Lipinski definition) is 0. The summed E-state index contributed by atoms with van der Waals surface area (Å²) in [6, 6.07) is 4.31. The maximum Gasteiger partial charge on any atom is 0.410 e. The average molecular weight is 378 g/mol. The summed E-state index contributed by atoms with van der Waals surface area (Å²) < 4.78 is 11.6. The van der Waals surface area contributed by atoms with Gasteiger partial charge in [-0.3, -0.25) is 4.98 Å². The maximum atomic E-state index is 12.3. The highest BCUT2D eigenvalue weighted by Gasteiger charge is 2.29. The molecule has 0 saturated carbocycles. The fourth-order valence-electron chi connectivity index (χ4n) is 3.31. The van der Waals surface area contributed by atoms with Gasteiger partial charge in [0.1, 0.15) is 18.0 Å². The van der Waals surface area contributed by atoms with Gasteiger partial charge in [-0.05, 0) is 66.3 Å². The molecule has 0 aromatic carbocycles. The predicted octanol–water partition coefficient (Wildman–Crippen LogP) is 3.92. The van der Waals surface area contributed by atoms with Gasteiger partial charge in [0.05, 0.1) is 5.69 Å². The first-order chi connectivity index (χ1) is 12.7. The van der Waals surface area contributed by atoms with Crippen molar-refractivity contribution in [1.29, 1.82) is 0 Å². The van der Waals surface area contributed by atoms with Gasteiger partial charge in [-0.15, -0.1) is 0 Å². The monoisotopic (exact) mass is 377 g/mol. The van der Waals surface area contributed by atoms with Crippen LogP contribution >= 0.6 is 0 Å². The van der Waals surface area contributed by atoms with E-state index in [0.717, 1.165) is 30.7 Å². The molecular weight excluding hydrogens is 342 g/mol. The van der Waals surface area contributed by atoms with Crippen LogP contribution in [-0.4, -0.2) is 66.3 Å². The van der Waals surface area contributed by atoms with Crippen molar-refractivity contribution in [3.05, 3.63) is 24.0 Å². The molecule has 27 heavy (non-hydrogen) atoms. The first kappa shape index (κ1) is 21.5. The Morgan fingerprint density at radius 2 is 2.00 bits per heavy atom. The number of nitrogens with zero attached hydrogens (tertiary/aromatic N) is 3. The van der Waals surface area contributed by atoms with Crippen molar-refractivity contribution in [2.24, 2.45) is 0 Å². The van der Waals surface area contributed by atoms with Gasteiger partial charge >= 0.3 is 6.09 Å². The molecule has 0 N–H and O–H groups in total. The number of likely N-dealkylation sites (N-methyl/N-ethyl adjacent to an activating group) is 1. The Balaban J connectivity index is 1.97. The van der Waals surface area contributed by atoms with Crippen molar-refractivity contribution in [3.63, 3.8) is 0 Å². The zero-order chi connectivity index (χ0) is 20.0. The standard InChI is InChI=1S/C21H35N3O3/c1-7-17(23(5)6)15-26-18-9-8-12-22-19(18)16-10-13-24(14-11-16)20(25)27-21(2,3)4/h8-9,12,16-17H,7,10-11,13-15H2,1-6H3. The minimum atomic E-state index is -0.460. The summed E-state index contributed by atoms with van der Waals surface area (Å²) in [5, 5.41) is 0. The van der Waals surface area contributed by atoms with Gasteiger partial charge in [0, 0.05) is 31.2 Å². The Bertz CT molecular complexity index is 605. The molecule has 2 rings (SSSR count). The molecule has 1 aliphatic rings. The van der Waals surface area contributed by atoms with Gasteiger partial charge in [-0.1, -0.05) is 6.92 Å². The van der Waals surface area contributed by atoms with E-state index in [-0.39, 0.29) is 6.09 Å². The third-order valence-corrected chi connectivity index (χ3v) is 4.97. The summed E-state index contributed by atoms with van der Waals surface area (Å²) >= 11 is 0. The number of hydrogen-bond acceptors (Lipinski definition) is 5. The van der Waals surface area contributed by atoms with Crippen molar-refractivity contribution in [2.75, 3.05) is 33.8 Å². The smallest absolute Gasteiger partial charge is 0.410 e. The van der Waals surface area contributed by atoms with E-state index < -0.39 is 5.60 Å². The molecule has 1 aromatic heterocycles. The Hall–Kier alpha value is -1.82. The summed E-state index contributed by atoms with van der Waals surface area (Å²) in [4.78, 5) is 20.8. The van der Waals surface area contributed by atoms with Gasteiger partial charge in [-0.2, -0.15) is 0 Å². The van der Waals surface area contributed by atoms with E-state index in [0.29, 0.717) is 31.7 Å². The fraction of sp³-hybridized carbons (Fsp3) is 0.714. The Labute approximate surface area is 163 Å². The molecule has 1 unspecified atom stereocenters. The van der Waals surface area contributed by atoms with Crippen LogP contribution in [0.15, 0.2) is 18.3 Å². The molecule has 0 aliphatic carbocycles. The number of piperidine rings is 1. The topological polar surface area (TPSA) is 54.9 Å². The molecule has 1 amide bonds. The lowest BCUT2D eigenvalue weighted by Crippen LogP contribution is -2.41. The van der Waals surface area contributed by atoms with E-state index in [9.17, 15) is 4.79 Å². The minimum Gasteiger partial charge on any atom is -0.490 e. The molecular formula is C21H35N3O3. The average Bonchev–Trinajstić information content (AvgIpc) is 2.61. The fourth-order valence-corrected chi connectivity index (χ4v) is 3.31. The van der Waals surface area contributed by atoms with Crippen LogP contribution < -0.4 is 4.74 Å². The summed E-state index contributed by atoms with van der Waals surface area (Å²) in [7, 11) is 4.15. The van der Waals surface area contributed by atoms with Crippen molar-refractivity contribution in [3.8, 4) is 5.75 Å². The van der Waals surface area contributed by atoms with Crippen LogP contribution in [0, 0.1) is 0 Å². The van der Waals surface area contributed by atoms with Crippen LogP contribution in [0.5, 0.6) is 5.75 Å². The number of amides is 1. The number of aromatic nitrogens is 1. The largest absolute Gasteiger partial charge is 0.490 e.